The van der Waals surface area contributed by atoms with Gasteiger partial charge in [0, 0.05) is 19.0 Å². The SMILES string of the molecule is CC(C)C[C@@H](CO)NC(=O)[C@H](Cc1cn(NC(=O)OCc2ccccc2)cn1)NC(=O)CCCc1ccccc1. The van der Waals surface area contributed by atoms with E-state index in [9.17, 15) is 19.5 Å². The predicted molar refractivity (Wildman–Crippen MR) is 152 cm³/mol. The molecule has 2 aromatic carbocycles. The van der Waals surface area contributed by atoms with E-state index in [4.69, 9.17) is 4.74 Å². The van der Waals surface area contributed by atoms with Crippen molar-refractivity contribution in [3.63, 3.8) is 0 Å². The number of aliphatic hydroxyl groups excluding tert-OH is 1. The van der Waals surface area contributed by atoms with Crippen LogP contribution in [0.5, 0.6) is 0 Å². The maximum atomic E-state index is 13.2. The third kappa shape index (κ3) is 10.9. The zero-order valence-electron chi connectivity index (χ0n) is 23.1. The lowest BCUT2D eigenvalue weighted by Gasteiger charge is -2.23. The molecule has 2 atom stereocenters. The highest BCUT2D eigenvalue weighted by molar-refractivity contribution is 5.88. The maximum Gasteiger partial charge on any atom is 0.426 e. The van der Waals surface area contributed by atoms with Crippen LogP contribution in [-0.4, -0.2) is 51.4 Å². The first-order valence-electron chi connectivity index (χ1n) is 13.6. The van der Waals surface area contributed by atoms with Crippen molar-refractivity contribution in [1.82, 2.24) is 20.3 Å². The third-order valence-electron chi connectivity index (χ3n) is 6.17. The van der Waals surface area contributed by atoms with Crippen molar-refractivity contribution in [2.24, 2.45) is 5.92 Å². The van der Waals surface area contributed by atoms with E-state index in [2.05, 4.69) is 21.0 Å². The molecule has 0 aliphatic heterocycles. The molecule has 0 aliphatic rings. The molecule has 0 radical (unpaired) electrons. The highest BCUT2D eigenvalue weighted by Gasteiger charge is 2.25. The normalized spacial score (nSPS) is 12.4. The van der Waals surface area contributed by atoms with Gasteiger partial charge in [-0.05, 0) is 36.3 Å². The Hall–Kier alpha value is -4.18. The zero-order valence-corrected chi connectivity index (χ0v) is 23.1. The summed E-state index contributed by atoms with van der Waals surface area (Å²) >= 11 is 0. The minimum atomic E-state index is -0.904. The molecule has 3 rings (SSSR count). The third-order valence-corrected chi connectivity index (χ3v) is 6.17. The number of aliphatic hydroxyl groups is 1. The van der Waals surface area contributed by atoms with Gasteiger partial charge in [-0.15, -0.1) is 0 Å². The van der Waals surface area contributed by atoms with Crippen LogP contribution in [0.15, 0.2) is 73.2 Å². The lowest BCUT2D eigenvalue weighted by atomic mass is 10.0. The quantitative estimate of drug-likeness (QED) is 0.230. The summed E-state index contributed by atoms with van der Waals surface area (Å²) in [7, 11) is 0. The van der Waals surface area contributed by atoms with Gasteiger partial charge < -0.3 is 20.5 Å². The number of carbonyl (C=O) groups excluding carboxylic acids is 3. The lowest BCUT2D eigenvalue weighted by Crippen LogP contribution is -2.51. The molecule has 0 saturated heterocycles. The second-order valence-electron chi connectivity index (χ2n) is 10.1. The van der Waals surface area contributed by atoms with Crippen molar-refractivity contribution >= 4 is 17.9 Å². The van der Waals surface area contributed by atoms with Crippen molar-refractivity contribution in [2.45, 2.75) is 64.6 Å². The van der Waals surface area contributed by atoms with Crippen LogP contribution >= 0.6 is 0 Å². The Morgan fingerprint density at radius 3 is 2.30 bits per heavy atom. The van der Waals surface area contributed by atoms with Crippen LogP contribution in [-0.2, 0) is 33.8 Å². The molecule has 1 aromatic heterocycles. The molecule has 0 fully saturated rings. The largest absolute Gasteiger partial charge is 0.443 e. The summed E-state index contributed by atoms with van der Waals surface area (Å²) in [5.74, 6) is -0.379. The number of nitrogens with one attached hydrogen (secondary N) is 3. The van der Waals surface area contributed by atoms with E-state index in [1.165, 1.54) is 11.0 Å². The molecule has 0 unspecified atom stereocenters. The van der Waals surface area contributed by atoms with Gasteiger partial charge in [0.2, 0.25) is 11.8 Å². The number of hydrogen-bond acceptors (Lipinski definition) is 6. The van der Waals surface area contributed by atoms with Crippen molar-refractivity contribution in [1.29, 1.82) is 0 Å². The summed E-state index contributed by atoms with van der Waals surface area (Å²) in [6.07, 6.45) is 4.65. The van der Waals surface area contributed by atoms with Gasteiger partial charge in [-0.3, -0.25) is 9.59 Å². The Labute approximate surface area is 235 Å². The Bertz CT molecular complexity index is 1200. The molecular formula is C30H39N5O5. The van der Waals surface area contributed by atoms with Crippen LogP contribution in [0.4, 0.5) is 4.79 Å². The topological polar surface area (TPSA) is 135 Å². The highest BCUT2D eigenvalue weighted by Crippen LogP contribution is 2.09. The molecule has 10 heteroatoms. The van der Waals surface area contributed by atoms with Gasteiger partial charge in [-0.1, -0.05) is 74.5 Å². The van der Waals surface area contributed by atoms with Gasteiger partial charge in [-0.2, -0.15) is 0 Å². The standard InChI is InChI=1S/C30H39N5O5/c1-22(2)16-26(19-36)32-29(38)27(33-28(37)15-9-14-23-10-5-3-6-11-23)17-25-18-35(21-31-25)34-30(39)40-20-24-12-7-4-8-13-24/h3-8,10-13,18,21-22,26-27,36H,9,14-17,19-20H2,1-2H3,(H,32,38)(H,33,37)(H,34,39)/t26-,27-/m0/s1. The van der Waals surface area contributed by atoms with Crippen LogP contribution in [0.3, 0.4) is 0 Å². The number of benzene rings is 2. The molecule has 214 valence electrons. The average Bonchev–Trinajstić information content (AvgIpc) is 3.38. The first kappa shape index (κ1) is 30.4. The zero-order chi connectivity index (χ0) is 28.7. The van der Waals surface area contributed by atoms with E-state index >= 15 is 0 Å². The van der Waals surface area contributed by atoms with Crippen LogP contribution in [0.1, 0.15) is 49.9 Å². The molecule has 0 saturated carbocycles. The molecule has 3 aromatic rings. The average molecular weight is 550 g/mol. The number of nitrogens with zero attached hydrogens (tertiary/aromatic N) is 2. The van der Waals surface area contributed by atoms with Crippen molar-refractivity contribution in [3.8, 4) is 0 Å². The van der Waals surface area contributed by atoms with Crippen molar-refractivity contribution in [3.05, 3.63) is 90.0 Å². The van der Waals surface area contributed by atoms with Crippen LogP contribution < -0.4 is 16.1 Å². The fourth-order valence-electron chi connectivity index (χ4n) is 4.22. The molecule has 0 bridgehead atoms. The Morgan fingerprint density at radius 2 is 1.65 bits per heavy atom. The Kier molecular flexibility index (Phi) is 12.2. The van der Waals surface area contributed by atoms with Crippen molar-refractivity contribution in [2.75, 3.05) is 12.0 Å². The summed E-state index contributed by atoms with van der Waals surface area (Å²) in [6, 6.07) is 17.9. The number of carbonyl (C=O) groups is 3. The number of imidazole rings is 1. The smallest absolute Gasteiger partial charge is 0.426 e. The summed E-state index contributed by atoms with van der Waals surface area (Å²) in [5.41, 5.74) is 5.04. The first-order chi connectivity index (χ1) is 19.3. The molecule has 3 amide bonds. The van der Waals surface area contributed by atoms with Gasteiger partial charge in [0.25, 0.3) is 0 Å². The second kappa shape index (κ2) is 16.0. The number of ether oxygens (including phenoxy) is 1. The van der Waals surface area contributed by atoms with Crippen LogP contribution in [0.25, 0.3) is 0 Å². The van der Waals surface area contributed by atoms with Crippen molar-refractivity contribution < 1.29 is 24.2 Å². The first-order valence-corrected chi connectivity index (χ1v) is 13.6. The molecule has 10 nitrogen and oxygen atoms in total. The number of hydrogen-bond donors (Lipinski definition) is 4. The molecular weight excluding hydrogens is 510 g/mol. The Morgan fingerprint density at radius 1 is 0.975 bits per heavy atom. The van der Waals surface area contributed by atoms with Crippen LogP contribution in [0, 0.1) is 5.92 Å². The molecule has 0 aliphatic carbocycles. The summed E-state index contributed by atoms with van der Waals surface area (Å²) in [4.78, 5) is 42.4. The van der Waals surface area contributed by atoms with E-state index in [-0.39, 0.29) is 37.9 Å². The van der Waals surface area contributed by atoms with Gasteiger partial charge in [-0.25, -0.2) is 19.9 Å². The minimum absolute atomic E-state index is 0.101. The van der Waals surface area contributed by atoms with Gasteiger partial charge >= 0.3 is 6.09 Å². The van der Waals surface area contributed by atoms with E-state index in [1.807, 2.05) is 74.5 Å². The lowest BCUT2D eigenvalue weighted by molar-refractivity contribution is -0.129. The van der Waals surface area contributed by atoms with E-state index in [0.29, 0.717) is 18.5 Å². The molecule has 1 heterocycles. The minimum Gasteiger partial charge on any atom is -0.443 e. The summed E-state index contributed by atoms with van der Waals surface area (Å²) in [6.45, 7) is 3.93. The Balaban J connectivity index is 1.58. The summed E-state index contributed by atoms with van der Waals surface area (Å²) < 4.78 is 6.57. The fourth-order valence-corrected chi connectivity index (χ4v) is 4.22. The number of aryl methyl sites for hydroxylation is 1. The fraction of sp³-hybridized carbons (Fsp3) is 0.400. The number of amides is 3. The molecule has 4 N–H and O–H groups in total. The molecule has 0 spiro atoms. The second-order valence-corrected chi connectivity index (χ2v) is 10.1. The molecule has 40 heavy (non-hydrogen) atoms. The number of aromatic nitrogens is 2. The van der Waals surface area contributed by atoms with Gasteiger partial charge in [0.05, 0.1) is 18.3 Å². The van der Waals surface area contributed by atoms with Gasteiger partial charge in [0.1, 0.15) is 19.0 Å². The highest BCUT2D eigenvalue weighted by atomic mass is 16.6. The maximum absolute atomic E-state index is 13.2. The van der Waals surface area contributed by atoms with Crippen LogP contribution in [0.2, 0.25) is 0 Å². The van der Waals surface area contributed by atoms with E-state index in [1.54, 1.807) is 6.20 Å². The predicted octanol–water partition coefficient (Wildman–Crippen LogP) is 3.34. The van der Waals surface area contributed by atoms with E-state index < -0.39 is 24.1 Å². The summed E-state index contributed by atoms with van der Waals surface area (Å²) in [5, 5.41) is 15.4. The number of rotatable bonds is 15. The van der Waals surface area contributed by atoms with Gasteiger partial charge in [0.15, 0.2) is 0 Å². The monoisotopic (exact) mass is 549 g/mol. The van der Waals surface area contributed by atoms with E-state index in [0.717, 1.165) is 17.5 Å².